The highest BCUT2D eigenvalue weighted by Gasteiger charge is 2.33. The number of allylic oxidation sites excluding steroid dienone is 2. The summed E-state index contributed by atoms with van der Waals surface area (Å²) in [5.41, 5.74) is 3.01. The number of nitrogens with zero attached hydrogens (tertiary/aromatic N) is 4. The molecule has 1 aromatic heterocycles. The second kappa shape index (κ2) is 10.1. The molecule has 3 aromatic rings. The van der Waals surface area contributed by atoms with Gasteiger partial charge in [-0.25, -0.2) is 9.88 Å². The molecule has 0 fully saturated rings. The Bertz CT molecular complexity index is 1340. The summed E-state index contributed by atoms with van der Waals surface area (Å²) < 4.78 is 5.25. The maximum Gasteiger partial charge on any atom is 0.238 e. The summed E-state index contributed by atoms with van der Waals surface area (Å²) in [7, 11) is 1.61. The van der Waals surface area contributed by atoms with Gasteiger partial charge in [0.15, 0.2) is 5.78 Å². The van der Waals surface area contributed by atoms with E-state index in [9.17, 15) is 9.59 Å². The van der Waals surface area contributed by atoms with E-state index in [2.05, 4.69) is 10.3 Å². The van der Waals surface area contributed by atoms with Gasteiger partial charge in [0.05, 0.1) is 19.5 Å². The predicted octanol–water partition coefficient (Wildman–Crippen LogP) is 4.02. The van der Waals surface area contributed by atoms with Crippen LogP contribution < -0.4 is 19.9 Å². The normalized spacial score (nSPS) is 16.8. The van der Waals surface area contributed by atoms with Gasteiger partial charge in [0.1, 0.15) is 17.6 Å². The van der Waals surface area contributed by atoms with Gasteiger partial charge >= 0.3 is 0 Å². The number of fused-ring (bicyclic) bond motifs is 1. The van der Waals surface area contributed by atoms with Crippen LogP contribution in [0.25, 0.3) is 5.57 Å². The molecule has 1 aliphatic carbocycles. The Morgan fingerprint density at radius 1 is 1.17 bits per heavy atom. The molecule has 36 heavy (non-hydrogen) atoms. The van der Waals surface area contributed by atoms with Crippen LogP contribution in [0.15, 0.2) is 79.0 Å². The van der Waals surface area contributed by atoms with Gasteiger partial charge in [-0.05, 0) is 29.8 Å². The van der Waals surface area contributed by atoms with Crippen molar-refractivity contribution >= 4 is 34.7 Å². The number of ether oxygens (including phenoxy) is 1. The number of benzene rings is 2. The first-order valence-corrected chi connectivity index (χ1v) is 11.9. The van der Waals surface area contributed by atoms with E-state index in [1.54, 1.807) is 13.3 Å². The molecule has 2 aliphatic rings. The van der Waals surface area contributed by atoms with Crippen LogP contribution in [-0.2, 0) is 16.1 Å². The Labute approximate surface area is 209 Å². The molecule has 0 saturated heterocycles. The zero-order valence-corrected chi connectivity index (χ0v) is 20.2. The van der Waals surface area contributed by atoms with E-state index in [0.29, 0.717) is 36.7 Å². The third-order valence-electron chi connectivity index (χ3n) is 6.29. The first kappa shape index (κ1) is 23.4. The van der Waals surface area contributed by atoms with Gasteiger partial charge in [0, 0.05) is 30.3 Å². The standard InChI is InChI=1S/C28H27N5O3/c1-3-25(34)33(21-8-5-4-6-9-21)28-30-17-20-16-29-18-32(27(20)31-28)24-11-7-10-23(26(24)35)19-12-14-22(36-2)15-13-19/h4-15,17,24,29H,3,16,18H2,1-2H3. The van der Waals surface area contributed by atoms with Crippen LogP contribution in [0.3, 0.4) is 0 Å². The summed E-state index contributed by atoms with van der Waals surface area (Å²) >= 11 is 0. The molecule has 0 radical (unpaired) electrons. The van der Waals surface area contributed by atoms with Crippen LogP contribution >= 0.6 is 0 Å². The lowest BCUT2D eigenvalue weighted by Gasteiger charge is -2.36. The topological polar surface area (TPSA) is 87.7 Å². The number of methoxy groups -OCH3 is 1. The second-order valence-corrected chi connectivity index (χ2v) is 8.49. The molecule has 1 aliphatic heterocycles. The number of hydrogen-bond donors (Lipinski definition) is 1. The van der Waals surface area contributed by atoms with Gasteiger partial charge in [-0.3, -0.25) is 14.9 Å². The van der Waals surface area contributed by atoms with Gasteiger partial charge < -0.3 is 9.64 Å². The van der Waals surface area contributed by atoms with E-state index in [1.165, 1.54) is 4.90 Å². The third-order valence-corrected chi connectivity index (χ3v) is 6.29. The first-order chi connectivity index (χ1) is 17.6. The molecule has 8 heteroatoms. The zero-order chi connectivity index (χ0) is 25.1. The van der Waals surface area contributed by atoms with E-state index in [1.807, 2.05) is 84.6 Å². The first-order valence-electron chi connectivity index (χ1n) is 11.9. The molecule has 5 rings (SSSR count). The number of anilines is 3. The summed E-state index contributed by atoms with van der Waals surface area (Å²) in [4.78, 5) is 39.4. The summed E-state index contributed by atoms with van der Waals surface area (Å²) in [5.74, 6) is 1.53. The van der Waals surface area contributed by atoms with E-state index in [4.69, 9.17) is 9.72 Å². The Balaban J connectivity index is 1.50. The largest absolute Gasteiger partial charge is 0.497 e. The van der Waals surface area contributed by atoms with Gasteiger partial charge in [-0.1, -0.05) is 55.5 Å². The minimum Gasteiger partial charge on any atom is -0.497 e. The maximum absolute atomic E-state index is 13.7. The number of para-hydroxylation sites is 1. The SMILES string of the molecule is CCC(=O)N(c1ccccc1)c1ncc2c(n1)N(C1C=CC=C(c3ccc(OC)cc3)C1=O)CNC2. The van der Waals surface area contributed by atoms with E-state index >= 15 is 0 Å². The number of rotatable bonds is 6. The number of carbonyl (C=O) groups excluding carboxylic acids is 2. The van der Waals surface area contributed by atoms with Crippen molar-refractivity contribution in [2.24, 2.45) is 0 Å². The Kier molecular flexibility index (Phi) is 6.60. The van der Waals surface area contributed by atoms with Crippen LogP contribution in [0.4, 0.5) is 17.5 Å². The van der Waals surface area contributed by atoms with Crippen molar-refractivity contribution in [3.8, 4) is 5.75 Å². The number of nitrogens with one attached hydrogen (secondary N) is 1. The van der Waals surface area contributed by atoms with Crippen molar-refractivity contribution in [1.29, 1.82) is 0 Å². The molecule has 0 spiro atoms. The molecule has 0 bridgehead atoms. The van der Waals surface area contributed by atoms with Crippen molar-refractivity contribution in [1.82, 2.24) is 15.3 Å². The summed E-state index contributed by atoms with van der Waals surface area (Å²) in [6.07, 6.45) is 7.65. The molecule has 2 heterocycles. The maximum atomic E-state index is 13.7. The molecule has 1 N–H and O–H groups in total. The molecule has 8 nitrogen and oxygen atoms in total. The van der Waals surface area contributed by atoms with Gasteiger partial charge in [0.25, 0.3) is 0 Å². The van der Waals surface area contributed by atoms with Gasteiger partial charge in [0.2, 0.25) is 11.9 Å². The molecule has 1 atom stereocenters. The van der Waals surface area contributed by atoms with E-state index in [0.717, 1.165) is 16.9 Å². The number of ketones is 1. The van der Waals surface area contributed by atoms with Gasteiger partial charge in [-0.2, -0.15) is 4.98 Å². The van der Waals surface area contributed by atoms with Crippen LogP contribution in [0.2, 0.25) is 0 Å². The van der Waals surface area contributed by atoms with Crippen molar-refractivity contribution in [2.45, 2.75) is 25.9 Å². The van der Waals surface area contributed by atoms with Crippen molar-refractivity contribution in [3.05, 3.63) is 90.1 Å². The van der Waals surface area contributed by atoms with Crippen molar-refractivity contribution in [2.75, 3.05) is 23.6 Å². The molecule has 1 amide bonds. The highest BCUT2D eigenvalue weighted by Crippen LogP contribution is 2.32. The minimum atomic E-state index is -0.548. The Morgan fingerprint density at radius 2 is 1.94 bits per heavy atom. The highest BCUT2D eigenvalue weighted by atomic mass is 16.5. The molecule has 182 valence electrons. The lowest BCUT2D eigenvalue weighted by molar-refractivity contribution is -0.117. The van der Waals surface area contributed by atoms with Crippen LogP contribution in [0.5, 0.6) is 5.75 Å². The fourth-order valence-corrected chi connectivity index (χ4v) is 4.43. The quantitative estimate of drug-likeness (QED) is 0.569. The smallest absolute Gasteiger partial charge is 0.238 e. The summed E-state index contributed by atoms with van der Waals surface area (Å²) in [6, 6.07) is 16.3. The lowest BCUT2D eigenvalue weighted by atomic mass is 9.92. The fourth-order valence-electron chi connectivity index (χ4n) is 4.43. The second-order valence-electron chi connectivity index (χ2n) is 8.49. The minimum absolute atomic E-state index is 0.0259. The number of aromatic nitrogens is 2. The monoisotopic (exact) mass is 481 g/mol. The molecule has 0 saturated carbocycles. The number of hydrogen-bond acceptors (Lipinski definition) is 7. The lowest BCUT2D eigenvalue weighted by Crippen LogP contribution is -2.49. The average Bonchev–Trinajstić information content (AvgIpc) is 2.93. The summed E-state index contributed by atoms with van der Waals surface area (Å²) in [6.45, 7) is 2.82. The van der Waals surface area contributed by atoms with Gasteiger partial charge in [-0.15, -0.1) is 0 Å². The van der Waals surface area contributed by atoms with Crippen molar-refractivity contribution in [3.63, 3.8) is 0 Å². The average molecular weight is 482 g/mol. The number of Topliss-reactive ketones (excluding diaryl/α,β-unsaturated/α-hetero) is 1. The summed E-state index contributed by atoms with van der Waals surface area (Å²) in [5, 5.41) is 3.34. The molecule has 1 unspecified atom stereocenters. The van der Waals surface area contributed by atoms with Crippen molar-refractivity contribution < 1.29 is 14.3 Å². The van der Waals surface area contributed by atoms with Crippen LogP contribution in [-0.4, -0.2) is 41.5 Å². The van der Waals surface area contributed by atoms with E-state index in [-0.39, 0.29) is 17.6 Å². The van der Waals surface area contributed by atoms with Crippen LogP contribution in [0, 0.1) is 0 Å². The third kappa shape index (κ3) is 4.38. The molecular weight excluding hydrogens is 454 g/mol. The molecular formula is C28H27N5O3. The van der Waals surface area contributed by atoms with E-state index < -0.39 is 6.04 Å². The zero-order valence-electron chi connectivity index (χ0n) is 20.2. The Hall–Kier alpha value is -4.30. The number of amides is 1. The Morgan fingerprint density at radius 3 is 2.67 bits per heavy atom. The molecule has 2 aromatic carbocycles. The fraction of sp³-hybridized carbons (Fsp3) is 0.214. The predicted molar refractivity (Wildman–Crippen MR) is 139 cm³/mol. The van der Waals surface area contributed by atoms with Crippen LogP contribution in [0.1, 0.15) is 24.5 Å². The number of carbonyl (C=O) groups is 2. The highest BCUT2D eigenvalue weighted by molar-refractivity contribution is 6.26.